The van der Waals surface area contributed by atoms with Crippen molar-refractivity contribution in [2.75, 3.05) is 0 Å². The molecule has 0 fully saturated rings. The first-order valence-electron chi connectivity index (χ1n) is 3.56. The number of rotatable bonds is 2. The Labute approximate surface area is 61.9 Å². The van der Waals surface area contributed by atoms with E-state index < -0.39 is 0 Å². The van der Waals surface area contributed by atoms with Crippen LogP contribution in [0.15, 0.2) is 24.3 Å². The zero-order valence-electron chi connectivity index (χ0n) is 6.17. The summed E-state index contributed by atoms with van der Waals surface area (Å²) in [5.74, 6) is 0. The Morgan fingerprint density at radius 2 is 2.10 bits per heavy atom. The van der Waals surface area contributed by atoms with E-state index in [0.717, 1.165) is 6.42 Å². The molecule has 1 aromatic carbocycles. The third kappa shape index (κ3) is 1.58. The Kier molecular flexibility index (Phi) is 2.46. The van der Waals surface area contributed by atoms with Crippen LogP contribution in [0.2, 0.25) is 0 Å². The maximum atomic E-state index is 5.78. The largest absolute Gasteiger partial charge is 0.324 e. The summed E-state index contributed by atoms with van der Waals surface area (Å²) in [4.78, 5) is 0. The van der Waals surface area contributed by atoms with Gasteiger partial charge in [0.25, 0.3) is 0 Å². The summed E-state index contributed by atoms with van der Waals surface area (Å²) >= 11 is 0. The molecule has 0 amide bonds. The highest BCUT2D eigenvalue weighted by Gasteiger charge is 1.99. The molecule has 0 aromatic heterocycles. The summed E-state index contributed by atoms with van der Waals surface area (Å²) in [6, 6.07) is 10.9. The molecule has 2 N–H and O–H groups in total. The van der Waals surface area contributed by atoms with Crippen molar-refractivity contribution in [3.63, 3.8) is 0 Å². The van der Waals surface area contributed by atoms with Gasteiger partial charge in [0.1, 0.15) is 0 Å². The van der Waals surface area contributed by atoms with Crippen molar-refractivity contribution in [3.8, 4) is 0 Å². The maximum absolute atomic E-state index is 5.78. The third-order valence-corrected chi connectivity index (χ3v) is 1.61. The van der Waals surface area contributed by atoms with Gasteiger partial charge in [0.15, 0.2) is 0 Å². The van der Waals surface area contributed by atoms with E-state index in [-0.39, 0.29) is 6.04 Å². The predicted octanol–water partition coefficient (Wildman–Crippen LogP) is 1.90. The Balaban J connectivity index is 2.75. The van der Waals surface area contributed by atoms with Gasteiger partial charge in [0.05, 0.1) is 0 Å². The van der Waals surface area contributed by atoms with E-state index in [0.29, 0.717) is 0 Å². The molecule has 0 aliphatic carbocycles. The van der Waals surface area contributed by atoms with Crippen molar-refractivity contribution in [3.05, 3.63) is 35.9 Å². The quantitative estimate of drug-likeness (QED) is 0.656. The van der Waals surface area contributed by atoms with Gasteiger partial charge >= 0.3 is 0 Å². The lowest BCUT2D eigenvalue weighted by molar-refractivity contribution is 0.699. The van der Waals surface area contributed by atoms with Gasteiger partial charge in [-0.2, -0.15) is 0 Å². The van der Waals surface area contributed by atoms with Crippen LogP contribution in [0.5, 0.6) is 0 Å². The molecule has 0 aliphatic rings. The number of nitrogens with two attached hydrogens (primary N) is 1. The number of hydrogen-bond acceptors (Lipinski definition) is 1. The molecule has 1 heteroatoms. The minimum absolute atomic E-state index is 0.189. The first kappa shape index (κ1) is 7.29. The molecule has 1 nitrogen and oxygen atoms in total. The number of hydrogen-bond donors (Lipinski definition) is 1. The topological polar surface area (TPSA) is 26.0 Å². The van der Waals surface area contributed by atoms with Crippen molar-refractivity contribution in [1.82, 2.24) is 0 Å². The van der Waals surface area contributed by atoms with Gasteiger partial charge in [0.2, 0.25) is 0 Å². The Morgan fingerprint density at radius 1 is 1.50 bits per heavy atom. The average Bonchev–Trinajstić information content (AvgIpc) is 2.05. The molecule has 0 bridgehead atoms. The fourth-order valence-electron chi connectivity index (χ4n) is 0.883. The number of benzene rings is 1. The molecule has 53 valence electrons. The van der Waals surface area contributed by atoms with E-state index >= 15 is 0 Å². The molecule has 1 unspecified atom stereocenters. The first-order chi connectivity index (χ1) is 4.84. The summed E-state index contributed by atoms with van der Waals surface area (Å²) in [5.41, 5.74) is 6.98. The summed E-state index contributed by atoms with van der Waals surface area (Å²) in [5, 5.41) is 0. The Hall–Kier alpha value is -0.820. The molecule has 0 saturated carbocycles. The summed E-state index contributed by atoms with van der Waals surface area (Å²) in [7, 11) is 0. The average molecular weight is 134 g/mol. The monoisotopic (exact) mass is 134 g/mol. The van der Waals surface area contributed by atoms with Gasteiger partial charge in [-0.3, -0.25) is 0 Å². The van der Waals surface area contributed by atoms with Gasteiger partial charge in [-0.1, -0.05) is 31.2 Å². The molecule has 1 radical (unpaired) electrons. The van der Waals surface area contributed by atoms with E-state index in [1.54, 1.807) is 0 Å². The highest BCUT2D eigenvalue weighted by Crippen LogP contribution is 2.11. The van der Waals surface area contributed by atoms with Crippen LogP contribution in [-0.4, -0.2) is 0 Å². The van der Waals surface area contributed by atoms with Gasteiger partial charge in [-0.05, 0) is 18.1 Å². The lowest BCUT2D eigenvalue weighted by Crippen LogP contribution is -2.07. The lowest BCUT2D eigenvalue weighted by atomic mass is 10.1. The van der Waals surface area contributed by atoms with Gasteiger partial charge < -0.3 is 5.73 Å². The second kappa shape index (κ2) is 3.37. The van der Waals surface area contributed by atoms with Crippen LogP contribution in [0.3, 0.4) is 0 Å². The van der Waals surface area contributed by atoms with E-state index in [4.69, 9.17) is 5.73 Å². The summed E-state index contributed by atoms with van der Waals surface area (Å²) in [6.45, 7) is 2.08. The second-order valence-corrected chi connectivity index (χ2v) is 2.35. The van der Waals surface area contributed by atoms with Crippen molar-refractivity contribution in [1.29, 1.82) is 0 Å². The standard InChI is InChI=1S/C9H12N/c1-2-9(10)8-6-4-3-5-7-8/h4-7,9H,2,10H2,1H3. The molecule has 1 rings (SSSR count). The zero-order valence-corrected chi connectivity index (χ0v) is 6.17. The predicted molar refractivity (Wildman–Crippen MR) is 42.5 cm³/mol. The van der Waals surface area contributed by atoms with Crippen molar-refractivity contribution < 1.29 is 0 Å². The Morgan fingerprint density at radius 3 is 2.60 bits per heavy atom. The van der Waals surface area contributed by atoms with Crippen molar-refractivity contribution >= 4 is 0 Å². The SMILES string of the molecule is CCC(N)c1cc[c]cc1. The summed E-state index contributed by atoms with van der Waals surface area (Å²) < 4.78 is 0. The Bertz CT molecular complexity index is 181. The molecule has 0 heterocycles. The fraction of sp³-hybridized carbons (Fsp3) is 0.333. The van der Waals surface area contributed by atoms with E-state index in [1.165, 1.54) is 5.56 Å². The normalized spacial score (nSPS) is 13.0. The van der Waals surface area contributed by atoms with Crippen LogP contribution < -0.4 is 5.73 Å². The van der Waals surface area contributed by atoms with Gasteiger partial charge in [-0.25, -0.2) is 0 Å². The molecule has 0 spiro atoms. The molecule has 10 heavy (non-hydrogen) atoms. The van der Waals surface area contributed by atoms with Crippen LogP contribution in [0.1, 0.15) is 24.9 Å². The highest BCUT2D eigenvalue weighted by atomic mass is 14.6. The molecule has 0 aliphatic heterocycles. The van der Waals surface area contributed by atoms with E-state index in [1.807, 2.05) is 24.3 Å². The van der Waals surface area contributed by atoms with Crippen LogP contribution in [-0.2, 0) is 0 Å². The van der Waals surface area contributed by atoms with Crippen LogP contribution in [0.25, 0.3) is 0 Å². The van der Waals surface area contributed by atoms with Crippen LogP contribution >= 0.6 is 0 Å². The smallest absolute Gasteiger partial charge is 0.0292 e. The van der Waals surface area contributed by atoms with Crippen LogP contribution in [0, 0.1) is 6.07 Å². The minimum atomic E-state index is 0.189. The van der Waals surface area contributed by atoms with Crippen molar-refractivity contribution in [2.24, 2.45) is 5.73 Å². The van der Waals surface area contributed by atoms with E-state index in [9.17, 15) is 0 Å². The zero-order chi connectivity index (χ0) is 7.40. The molecule has 1 aromatic rings. The van der Waals surface area contributed by atoms with Crippen LogP contribution in [0.4, 0.5) is 0 Å². The maximum Gasteiger partial charge on any atom is 0.0292 e. The second-order valence-electron chi connectivity index (χ2n) is 2.35. The van der Waals surface area contributed by atoms with Crippen molar-refractivity contribution in [2.45, 2.75) is 19.4 Å². The molecular formula is C9H12N. The van der Waals surface area contributed by atoms with E-state index in [2.05, 4.69) is 13.0 Å². The fourth-order valence-corrected chi connectivity index (χ4v) is 0.883. The first-order valence-corrected chi connectivity index (χ1v) is 3.56. The highest BCUT2D eigenvalue weighted by molar-refractivity contribution is 5.17. The summed E-state index contributed by atoms with van der Waals surface area (Å²) in [6.07, 6.45) is 0.990. The molecule has 0 saturated heterocycles. The third-order valence-electron chi connectivity index (χ3n) is 1.61. The lowest BCUT2D eigenvalue weighted by Gasteiger charge is -2.06. The van der Waals surface area contributed by atoms with Gasteiger partial charge in [-0.15, -0.1) is 0 Å². The molecule has 1 atom stereocenters. The molecular weight excluding hydrogens is 122 g/mol. The van der Waals surface area contributed by atoms with Gasteiger partial charge in [0, 0.05) is 6.04 Å². The minimum Gasteiger partial charge on any atom is -0.324 e.